The summed E-state index contributed by atoms with van der Waals surface area (Å²) in [4.78, 5) is 15.9. The van der Waals surface area contributed by atoms with Gasteiger partial charge in [-0.05, 0) is 37.7 Å². The number of rotatable bonds is 8. The number of benzene rings is 1. The summed E-state index contributed by atoms with van der Waals surface area (Å²) in [5, 5.41) is 10.3. The minimum atomic E-state index is -0.833. The van der Waals surface area contributed by atoms with Gasteiger partial charge in [-0.3, -0.25) is 4.79 Å². The maximum Gasteiger partial charge on any atom is 0.246 e. The zero-order chi connectivity index (χ0) is 17.4. The molecule has 1 aromatic rings. The first-order chi connectivity index (χ1) is 10.8. The Kier molecular flexibility index (Phi) is 7.92. The number of amides is 1. The van der Waals surface area contributed by atoms with Gasteiger partial charge in [0, 0.05) is 19.2 Å². The molecule has 4 nitrogen and oxygen atoms in total. The van der Waals surface area contributed by atoms with Crippen molar-refractivity contribution in [1.29, 1.82) is 0 Å². The van der Waals surface area contributed by atoms with Crippen LogP contribution in [0.4, 0.5) is 4.39 Å². The van der Waals surface area contributed by atoms with Crippen molar-refractivity contribution in [2.75, 3.05) is 33.7 Å². The van der Waals surface area contributed by atoms with Gasteiger partial charge in [0.1, 0.15) is 5.82 Å². The molecule has 5 heteroatoms. The fourth-order valence-corrected chi connectivity index (χ4v) is 2.16. The molecule has 0 aliphatic heterocycles. The van der Waals surface area contributed by atoms with Crippen molar-refractivity contribution >= 4 is 5.91 Å². The van der Waals surface area contributed by atoms with Crippen molar-refractivity contribution in [3.8, 4) is 0 Å². The van der Waals surface area contributed by atoms with Crippen molar-refractivity contribution in [3.63, 3.8) is 0 Å². The molecule has 0 bridgehead atoms. The van der Waals surface area contributed by atoms with Crippen LogP contribution in [0.2, 0.25) is 0 Å². The smallest absolute Gasteiger partial charge is 0.246 e. The van der Waals surface area contributed by atoms with Gasteiger partial charge in [-0.15, -0.1) is 0 Å². The highest BCUT2D eigenvalue weighted by Crippen LogP contribution is 2.16. The Hall–Kier alpha value is -1.72. The SMILES string of the molecule is CC(C)CN(CC(O)c1ccc(F)cc1)C(=O)/C=C/CN(C)C. The molecule has 1 N–H and O–H groups in total. The zero-order valence-corrected chi connectivity index (χ0v) is 14.4. The van der Waals surface area contributed by atoms with Crippen molar-refractivity contribution in [3.05, 3.63) is 47.8 Å². The Morgan fingerprint density at radius 1 is 1.22 bits per heavy atom. The van der Waals surface area contributed by atoms with Crippen molar-refractivity contribution in [2.45, 2.75) is 20.0 Å². The minimum Gasteiger partial charge on any atom is -0.387 e. The molecule has 0 aliphatic rings. The van der Waals surface area contributed by atoms with Crippen LogP contribution >= 0.6 is 0 Å². The van der Waals surface area contributed by atoms with E-state index in [0.29, 0.717) is 24.6 Å². The molecular weight excluding hydrogens is 295 g/mol. The van der Waals surface area contributed by atoms with Gasteiger partial charge < -0.3 is 14.9 Å². The first-order valence-corrected chi connectivity index (χ1v) is 7.83. The van der Waals surface area contributed by atoms with Crippen LogP contribution in [0.15, 0.2) is 36.4 Å². The van der Waals surface area contributed by atoms with E-state index in [2.05, 4.69) is 0 Å². The second kappa shape index (κ2) is 9.43. The molecular formula is C18H27FN2O2. The molecule has 1 unspecified atom stereocenters. The second-order valence-electron chi connectivity index (χ2n) is 6.37. The molecule has 128 valence electrons. The third kappa shape index (κ3) is 7.39. The summed E-state index contributed by atoms with van der Waals surface area (Å²) < 4.78 is 13.0. The zero-order valence-electron chi connectivity index (χ0n) is 14.4. The number of hydrogen-bond acceptors (Lipinski definition) is 3. The summed E-state index contributed by atoms with van der Waals surface area (Å²) in [5.74, 6) is -0.175. The van der Waals surface area contributed by atoms with Crippen molar-refractivity contribution < 1.29 is 14.3 Å². The summed E-state index contributed by atoms with van der Waals surface area (Å²) in [5.41, 5.74) is 0.602. The lowest BCUT2D eigenvalue weighted by molar-refractivity contribution is -0.128. The van der Waals surface area contributed by atoms with E-state index in [4.69, 9.17) is 0 Å². The van der Waals surface area contributed by atoms with E-state index in [1.807, 2.05) is 32.8 Å². The predicted octanol–water partition coefficient (Wildman–Crippen LogP) is 2.46. The molecule has 1 amide bonds. The number of carbonyl (C=O) groups excluding carboxylic acids is 1. The first kappa shape index (κ1) is 19.3. The highest BCUT2D eigenvalue weighted by molar-refractivity contribution is 5.87. The standard InChI is InChI=1S/C18H27FN2O2/c1-14(2)12-21(18(23)6-5-11-20(3)4)13-17(22)15-7-9-16(19)10-8-15/h5-10,14,17,22H,11-13H2,1-4H3/b6-5+. The predicted molar refractivity (Wildman–Crippen MR) is 90.5 cm³/mol. The lowest BCUT2D eigenvalue weighted by atomic mass is 10.1. The number of carbonyl (C=O) groups is 1. The lowest BCUT2D eigenvalue weighted by Crippen LogP contribution is -2.36. The van der Waals surface area contributed by atoms with Crippen LogP contribution in [0.5, 0.6) is 0 Å². The van der Waals surface area contributed by atoms with Gasteiger partial charge in [0.15, 0.2) is 0 Å². The molecule has 0 aromatic heterocycles. The molecule has 0 spiro atoms. The van der Waals surface area contributed by atoms with E-state index >= 15 is 0 Å². The normalized spacial score (nSPS) is 13.0. The molecule has 0 fully saturated rings. The molecule has 1 atom stereocenters. The molecule has 0 saturated carbocycles. The summed E-state index contributed by atoms with van der Waals surface area (Å²) in [6.45, 7) is 5.47. The van der Waals surface area contributed by atoms with Crippen LogP contribution in [0.25, 0.3) is 0 Å². The third-order valence-electron chi connectivity index (χ3n) is 3.28. The maximum absolute atomic E-state index is 13.0. The highest BCUT2D eigenvalue weighted by atomic mass is 19.1. The van der Waals surface area contributed by atoms with E-state index < -0.39 is 6.10 Å². The van der Waals surface area contributed by atoms with Gasteiger partial charge in [-0.25, -0.2) is 4.39 Å². The minimum absolute atomic E-state index is 0.123. The van der Waals surface area contributed by atoms with Crippen LogP contribution in [-0.2, 0) is 4.79 Å². The molecule has 0 heterocycles. The van der Waals surface area contributed by atoms with E-state index in [1.54, 1.807) is 29.2 Å². The Balaban J connectivity index is 2.75. The third-order valence-corrected chi connectivity index (χ3v) is 3.28. The van der Waals surface area contributed by atoms with Gasteiger partial charge in [0.2, 0.25) is 5.91 Å². The van der Waals surface area contributed by atoms with Gasteiger partial charge in [-0.1, -0.05) is 32.1 Å². The average molecular weight is 322 g/mol. The van der Waals surface area contributed by atoms with Crippen LogP contribution in [-0.4, -0.2) is 54.5 Å². The molecule has 1 rings (SSSR count). The Morgan fingerprint density at radius 3 is 2.35 bits per heavy atom. The van der Waals surface area contributed by atoms with Crippen molar-refractivity contribution in [1.82, 2.24) is 9.80 Å². The van der Waals surface area contributed by atoms with Gasteiger partial charge >= 0.3 is 0 Å². The van der Waals surface area contributed by atoms with E-state index in [-0.39, 0.29) is 18.3 Å². The van der Waals surface area contributed by atoms with E-state index in [9.17, 15) is 14.3 Å². The molecule has 1 aromatic carbocycles. The number of aliphatic hydroxyl groups is 1. The topological polar surface area (TPSA) is 43.8 Å². The van der Waals surface area contributed by atoms with E-state index in [1.165, 1.54) is 12.1 Å². The Bertz CT molecular complexity index is 512. The van der Waals surface area contributed by atoms with Crippen LogP contribution in [0.1, 0.15) is 25.5 Å². The molecule has 23 heavy (non-hydrogen) atoms. The number of halogens is 1. The number of aliphatic hydroxyl groups excluding tert-OH is 1. The fraction of sp³-hybridized carbons (Fsp3) is 0.500. The highest BCUT2D eigenvalue weighted by Gasteiger charge is 2.18. The van der Waals surface area contributed by atoms with Gasteiger partial charge in [0.05, 0.1) is 12.6 Å². The van der Waals surface area contributed by atoms with Crippen molar-refractivity contribution in [2.24, 2.45) is 5.92 Å². The van der Waals surface area contributed by atoms with Gasteiger partial charge in [-0.2, -0.15) is 0 Å². The van der Waals surface area contributed by atoms with Crippen LogP contribution in [0, 0.1) is 11.7 Å². The Labute approximate surface area is 138 Å². The molecule has 0 saturated heterocycles. The fourth-order valence-electron chi connectivity index (χ4n) is 2.16. The molecule has 0 aliphatic carbocycles. The second-order valence-corrected chi connectivity index (χ2v) is 6.37. The molecule has 0 radical (unpaired) electrons. The Morgan fingerprint density at radius 2 is 1.83 bits per heavy atom. The quantitative estimate of drug-likeness (QED) is 0.748. The largest absolute Gasteiger partial charge is 0.387 e. The average Bonchev–Trinajstić information content (AvgIpc) is 2.46. The van der Waals surface area contributed by atoms with Crippen LogP contribution < -0.4 is 0 Å². The summed E-state index contributed by atoms with van der Waals surface area (Å²) in [6, 6.07) is 5.70. The maximum atomic E-state index is 13.0. The van der Waals surface area contributed by atoms with Crippen LogP contribution in [0.3, 0.4) is 0 Å². The monoisotopic (exact) mass is 322 g/mol. The van der Waals surface area contributed by atoms with E-state index in [0.717, 1.165) is 0 Å². The summed E-state index contributed by atoms with van der Waals surface area (Å²) in [7, 11) is 3.86. The number of hydrogen-bond donors (Lipinski definition) is 1. The number of nitrogens with zero attached hydrogens (tertiary/aromatic N) is 2. The summed E-state index contributed by atoms with van der Waals surface area (Å²) >= 11 is 0. The summed E-state index contributed by atoms with van der Waals surface area (Å²) in [6.07, 6.45) is 2.51. The lowest BCUT2D eigenvalue weighted by Gasteiger charge is -2.26. The number of likely N-dealkylation sites (N-methyl/N-ethyl adjacent to an activating group) is 1. The first-order valence-electron chi connectivity index (χ1n) is 7.83. The van der Waals surface area contributed by atoms with Gasteiger partial charge in [0.25, 0.3) is 0 Å².